The first-order chi connectivity index (χ1) is 11.8. The van der Waals surface area contributed by atoms with Gasteiger partial charge in [0.15, 0.2) is 6.61 Å². The highest BCUT2D eigenvalue weighted by Crippen LogP contribution is 2.26. The van der Waals surface area contributed by atoms with Crippen LogP contribution in [0, 0.1) is 0 Å². The Labute approximate surface area is 145 Å². The average Bonchev–Trinajstić information content (AvgIpc) is 2.56. The van der Waals surface area contributed by atoms with Crippen LogP contribution in [0.25, 0.3) is 0 Å². The second-order valence-corrected chi connectivity index (χ2v) is 5.96. The Hall–Kier alpha value is -2.68. The number of benzene rings is 1. The SMILES string of the molecule is Cn1ccc(C(=O)OCC(=O)Nc2ccc(SC(F)F)cc2)cc1=O. The topological polar surface area (TPSA) is 77.4 Å². The lowest BCUT2D eigenvalue weighted by atomic mass is 10.3. The van der Waals surface area contributed by atoms with Crippen molar-refractivity contribution in [1.82, 2.24) is 4.57 Å². The lowest BCUT2D eigenvalue weighted by Gasteiger charge is -2.07. The molecule has 132 valence electrons. The third-order valence-corrected chi connectivity index (χ3v) is 3.76. The van der Waals surface area contributed by atoms with E-state index in [1.54, 1.807) is 0 Å². The van der Waals surface area contributed by atoms with Crippen LogP contribution >= 0.6 is 11.8 Å². The van der Waals surface area contributed by atoms with Gasteiger partial charge in [-0.15, -0.1) is 0 Å². The molecule has 0 saturated heterocycles. The standard InChI is InChI=1S/C16H14F2N2O4S/c1-20-7-6-10(8-14(20)22)15(23)24-9-13(21)19-11-2-4-12(5-3-11)25-16(17)18/h2-8,16H,9H2,1H3,(H,19,21). The fourth-order valence-electron chi connectivity index (χ4n) is 1.81. The molecule has 25 heavy (non-hydrogen) atoms. The highest BCUT2D eigenvalue weighted by atomic mass is 32.2. The average molecular weight is 368 g/mol. The van der Waals surface area contributed by atoms with Crippen molar-refractivity contribution in [3.05, 3.63) is 58.5 Å². The van der Waals surface area contributed by atoms with Crippen molar-refractivity contribution < 1.29 is 23.1 Å². The number of nitrogens with zero attached hydrogens (tertiary/aromatic N) is 1. The number of hydrogen-bond acceptors (Lipinski definition) is 5. The van der Waals surface area contributed by atoms with E-state index in [1.165, 1.54) is 48.1 Å². The minimum Gasteiger partial charge on any atom is -0.452 e. The molecule has 1 amide bonds. The maximum atomic E-state index is 12.2. The Balaban J connectivity index is 1.86. The Morgan fingerprint density at radius 2 is 1.92 bits per heavy atom. The van der Waals surface area contributed by atoms with Crippen molar-refractivity contribution in [3.8, 4) is 0 Å². The van der Waals surface area contributed by atoms with Gasteiger partial charge in [-0.3, -0.25) is 9.59 Å². The van der Waals surface area contributed by atoms with Gasteiger partial charge in [0.05, 0.1) is 5.56 Å². The van der Waals surface area contributed by atoms with Crippen LogP contribution in [0.2, 0.25) is 0 Å². The van der Waals surface area contributed by atoms with Crippen LogP contribution in [0.5, 0.6) is 0 Å². The van der Waals surface area contributed by atoms with Gasteiger partial charge in [0.2, 0.25) is 0 Å². The minimum absolute atomic E-state index is 0.0456. The van der Waals surface area contributed by atoms with Crippen molar-refractivity contribution in [2.75, 3.05) is 11.9 Å². The number of pyridine rings is 1. The van der Waals surface area contributed by atoms with Gasteiger partial charge < -0.3 is 14.6 Å². The van der Waals surface area contributed by atoms with E-state index in [0.29, 0.717) is 22.3 Å². The van der Waals surface area contributed by atoms with Crippen LogP contribution in [-0.2, 0) is 16.6 Å². The number of carbonyl (C=O) groups is 2. The number of thioether (sulfide) groups is 1. The van der Waals surface area contributed by atoms with E-state index in [1.807, 2.05) is 0 Å². The summed E-state index contributed by atoms with van der Waals surface area (Å²) in [7, 11) is 1.54. The van der Waals surface area contributed by atoms with Crippen LogP contribution in [0.1, 0.15) is 10.4 Å². The minimum atomic E-state index is -2.52. The van der Waals surface area contributed by atoms with Gasteiger partial charge in [-0.2, -0.15) is 8.78 Å². The number of halogens is 2. The van der Waals surface area contributed by atoms with Crippen molar-refractivity contribution in [1.29, 1.82) is 0 Å². The highest BCUT2D eigenvalue weighted by Gasteiger charge is 2.12. The summed E-state index contributed by atoms with van der Waals surface area (Å²) < 4.78 is 30.6. The van der Waals surface area contributed by atoms with Crippen molar-refractivity contribution in [2.45, 2.75) is 10.7 Å². The van der Waals surface area contributed by atoms with E-state index in [0.717, 1.165) is 6.07 Å². The van der Waals surface area contributed by atoms with Crippen LogP contribution in [0.15, 0.2) is 52.3 Å². The van der Waals surface area contributed by atoms with Gasteiger partial charge in [0.25, 0.3) is 17.2 Å². The lowest BCUT2D eigenvalue weighted by molar-refractivity contribution is -0.119. The molecule has 1 aromatic heterocycles. The Morgan fingerprint density at radius 3 is 2.52 bits per heavy atom. The molecule has 0 spiro atoms. The molecule has 2 rings (SSSR count). The molecule has 2 aromatic rings. The fraction of sp³-hybridized carbons (Fsp3) is 0.188. The molecule has 1 aromatic carbocycles. The molecule has 0 aliphatic heterocycles. The molecule has 0 unspecified atom stereocenters. The Kier molecular flexibility index (Phi) is 6.29. The third-order valence-electron chi connectivity index (χ3n) is 3.04. The molecule has 6 nitrogen and oxygen atoms in total. The smallest absolute Gasteiger partial charge is 0.338 e. The van der Waals surface area contributed by atoms with Crippen LogP contribution < -0.4 is 10.9 Å². The summed E-state index contributed by atoms with van der Waals surface area (Å²) in [5.74, 6) is -3.90. The number of rotatable bonds is 6. The second-order valence-electron chi connectivity index (χ2n) is 4.89. The molecule has 0 fully saturated rings. The Morgan fingerprint density at radius 1 is 1.24 bits per heavy atom. The zero-order chi connectivity index (χ0) is 18.4. The van der Waals surface area contributed by atoms with Crippen molar-refractivity contribution in [2.24, 2.45) is 7.05 Å². The predicted molar refractivity (Wildman–Crippen MR) is 88.9 cm³/mol. The molecule has 0 aliphatic carbocycles. The van der Waals surface area contributed by atoms with Gasteiger partial charge in [0.1, 0.15) is 0 Å². The maximum Gasteiger partial charge on any atom is 0.338 e. The van der Waals surface area contributed by atoms with Gasteiger partial charge in [0, 0.05) is 29.9 Å². The monoisotopic (exact) mass is 368 g/mol. The van der Waals surface area contributed by atoms with Gasteiger partial charge in [-0.05, 0) is 30.3 Å². The van der Waals surface area contributed by atoms with E-state index in [9.17, 15) is 23.2 Å². The zero-order valence-corrected chi connectivity index (χ0v) is 13.9. The summed E-state index contributed by atoms with van der Waals surface area (Å²) >= 11 is 0.397. The molecule has 0 atom stereocenters. The number of ether oxygens (including phenoxy) is 1. The number of carbonyl (C=O) groups excluding carboxylic acids is 2. The molecule has 0 radical (unpaired) electrons. The summed E-state index contributed by atoms with van der Waals surface area (Å²) in [5.41, 5.74) is 0.0539. The van der Waals surface area contributed by atoms with Crippen molar-refractivity contribution >= 4 is 29.3 Å². The molecule has 9 heteroatoms. The van der Waals surface area contributed by atoms with Crippen LogP contribution in [-0.4, -0.2) is 28.8 Å². The molecule has 1 N–H and O–H groups in total. The first kappa shape index (κ1) is 18.7. The number of aryl methyl sites for hydroxylation is 1. The number of esters is 1. The van der Waals surface area contributed by atoms with Crippen LogP contribution in [0.4, 0.5) is 14.5 Å². The van der Waals surface area contributed by atoms with E-state index >= 15 is 0 Å². The number of nitrogens with one attached hydrogen (secondary N) is 1. The first-order valence-corrected chi connectivity index (χ1v) is 7.91. The van der Waals surface area contributed by atoms with E-state index in [4.69, 9.17) is 4.74 Å². The van der Waals surface area contributed by atoms with E-state index in [2.05, 4.69) is 5.32 Å². The normalized spacial score (nSPS) is 10.6. The van der Waals surface area contributed by atoms with Gasteiger partial charge in [-0.25, -0.2) is 4.79 Å². The molecular weight excluding hydrogens is 354 g/mol. The summed E-state index contributed by atoms with van der Waals surface area (Å²) in [4.78, 5) is 35.4. The number of aromatic nitrogens is 1. The Bertz CT molecular complexity index is 822. The van der Waals surface area contributed by atoms with E-state index in [-0.39, 0.29) is 11.1 Å². The quantitative estimate of drug-likeness (QED) is 0.626. The molecule has 0 aliphatic rings. The fourth-order valence-corrected chi connectivity index (χ4v) is 2.31. The summed E-state index contributed by atoms with van der Waals surface area (Å²) in [6.45, 7) is -0.540. The zero-order valence-electron chi connectivity index (χ0n) is 13.1. The lowest BCUT2D eigenvalue weighted by Crippen LogP contribution is -2.22. The predicted octanol–water partition coefficient (Wildman–Crippen LogP) is 2.50. The highest BCUT2D eigenvalue weighted by molar-refractivity contribution is 7.99. The summed E-state index contributed by atoms with van der Waals surface area (Å²) in [6.07, 6.45) is 1.41. The summed E-state index contributed by atoms with van der Waals surface area (Å²) in [6, 6.07) is 8.33. The molecule has 1 heterocycles. The number of hydrogen-bond donors (Lipinski definition) is 1. The summed E-state index contributed by atoms with van der Waals surface area (Å²) in [5, 5.41) is 2.47. The molecule has 0 saturated carbocycles. The van der Waals surface area contributed by atoms with E-state index < -0.39 is 24.2 Å². The maximum absolute atomic E-state index is 12.2. The molecular formula is C16H14F2N2O4S. The van der Waals surface area contributed by atoms with Gasteiger partial charge >= 0.3 is 5.97 Å². The second kappa shape index (κ2) is 8.43. The van der Waals surface area contributed by atoms with Gasteiger partial charge in [-0.1, -0.05) is 11.8 Å². The largest absolute Gasteiger partial charge is 0.452 e. The number of amides is 1. The molecule has 0 bridgehead atoms. The van der Waals surface area contributed by atoms with Crippen LogP contribution in [0.3, 0.4) is 0 Å². The number of alkyl halides is 2. The third kappa shape index (κ3) is 5.71. The van der Waals surface area contributed by atoms with Crippen molar-refractivity contribution in [3.63, 3.8) is 0 Å². The number of anilines is 1. The first-order valence-electron chi connectivity index (χ1n) is 7.03.